The van der Waals surface area contributed by atoms with Gasteiger partial charge in [-0.05, 0) is 31.9 Å². The lowest BCUT2D eigenvalue weighted by Crippen LogP contribution is -2.46. The molecule has 0 radical (unpaired) electrons. The molecule has 2 N–H and O–H groups in total. The van der Waals surface area contributed by atoms with E-state index in [4.69, 9.17) is 5.73 Å². The molecule has 1 fully saturated rings. The van der Waals surface area contributed by atoms with E-state index < -0.39 is 0 Å². The second-order valence-corrected chi connectivity index (χ2v) is 5.49. The third-order valence-corrected chi connectivity index (χ3v) is 3.78. The summed E-state index contributed by atoms with van der Waals surface area (Å²) >= 11 is 0. The maximum Gasteiger partial charge on any atom is 0.224 e. The molecule has 1 aromatic heterocycles. The predicted octanol–water partition coefficient (Wildman–Crippen LogP) is 0.641. The molecule has 0 aliphatic carbocycles. The van der Waals surface area contributed by atoms with Crippen LogP contribution in [-0.4, -0.2) is 53.2 Å². The van der Waals surface area contributed by atoms with Crippen LogP contribution in [0.2, 0.25) is 0 Å². The van der Waals surface area contributed by atoms with Gasteiger partial charge in [0.15, 0.2) is 5.82 Å². The first-order chi connectivity index (χ1) is 9.58. The highest BCUT2D eigenvalue weighted by atomic mass is 16.2. The average molecular weight is 277 g/mol. The van der Waals surface area contributed by atoms with E-state index in [2.05, 4.69) is 15.1 Å². The number of nitrogens with zero attached hydrogens (tertiary/aromatic N) is 4. The van der Waals surface area contributed by atoms with Crippen LogP contribution in [0.25, 0.3) is 0 Å². The van der Waals surface area contributed by atoms with Gasteiger partial charge in [0.05, 0.1) is 0 Å². The van der Waals surface area contributed by atoms with Gasteiger partial charge in [-0.25, -0.2) is 0 Å². The predicted molar refractivity (Wildman–Crippen MR) is 78.3 cm³/mol. The Morgan fingerprint density at radius 1 is 1.55 bits per heavy atom. The van der Waals surface area contributed by atoms with Crippen molar-refractivity contribution in [2.24, 2.45) is 5.73 Å². The molecule has 1 atom stereocenters. The summed E-state index contributed by atoms with van der Waals surface area (Å²) < 4.78 is 0. The van der Waals surface area contributed by atoms with Crippen molar-refractivity contribution in [1.29, 1.82) is 0 Å². The highest BCUT2D eigenvalue weighted by Crippen LogP contribution is 2.20. The van der Waals surface area contributed by atoms with E-state index in [0.717, 1.165) is 31.7 Å². The van der Waals surface area contributed by atoms with E-state index in [9.17, 15) is 4.79 Å². The van der Waals surface area contributed by atoms with Gasteiger partial charge in [-0.2, -0.15) is 5.10 Å². The fourth-order valence-electron chi connectivity index (χ4n) is 2.58. The third kappa shape index (κ3) is 3.66. The lowest BCUT2D eigenvalue weighted by Gasteiger charge is -2.37. The van der Waals surface area contributed by atoms with Gasteiger partial charge in [0, 0.05) is 44.8 Å². The number of hydrogen-bond acceptors (Lipinski definition) is 5. The van der Waals surface area contributed by atoms with E-state index in [0.29, 0.717) is 12.5 Å². The molecule has 1 amide bonds. The molecule has 1 unspecified atom stereocenters. The summed E-state index contributed by atoms with van der Waals surface area (Å²) in [7, 11) is 2.04. The van der Waals surface area contributed by atoms with Crippen LogP contribution in [0, 0.1) is 0 Å². The molecule has 1 aliphatic heterocycles. The maximum absolute atomic E-state index is 12.0. The summed E-state index contributed by atoms with van der Waals surface area (Å²) in [4.78, 5) is 16.0. The highest BCUT2D eigenvalue weighted by Gasteiger charge is 2.26. The molecule has 1 aromatic rings. The monoisotopic (exact) mass is 277 g/mol. The molecule has 1 saturated heterocycles. The summed E-state index contributed by atoms with van der Waals surface area (Å²) in [6, 6.07) is 4.19. The first kappa shape index (κ1) is 14.7. The van der Waals surface area contributed by atoms with Crippen molar-refractivity contribution in [3.63, 3.8) is 0 Å². The van der Waals surface area contributed by atoms with Crippen LogP contribution in [0.4, 0.5) is 5.82 Å². The summed E-state index contributed by atoms with van der Waals surface area (Å²) in [5, 5.41) is 8.03. The second kappa shape index (κ2) is 6.65. The van der Waals surface area contributed by atoms with Gasteiger partial charge in [0.1, 0.15) is 0 Å². The Bertz CT molecular complexity index is 428. The molecule has 0 spiro atoms. The second-order valence-electron chi connectivity index (χ2n) is 5.49. The van der Waals surface area contributed by atoms with Crippen LogP contribution in [0.1, 0.15) is 26.2 Å². The quantitative estimate of drug-likeness (QED) is 0.874. The van der Waals surface area contributed by atoms with Crippen molar-refractivity contribution in [1.82, 2.24) is 15.1 Å². The van der Waals surface area contributed by atoms with Crippen LogP contribution >= 0.6 is 0 Å². The zero-order chi connectivity index (χ0) is 14.5. The number of carbonyl (C=O) groups excluding carboxylic acids is 1. The largest absolute Gasteiger partial charge is 0.355 e. The molecule has 2 heterocycles. The van der Waals surface area contributed by atoms with Gasteiger partial charge < -0.3 is 15.5 Å². The first-order valence-electron chi connectivity index (χ1n) is 7.12. The summed E-state index contributed by atoms with van der Waals surface area (Å²) in [5.74, 6) is 1.05. The smallest absolute Gasteiger partial charge is 0.224 e. The van der Waals surface area contributed by atoms with E-state index in [1.165, 1.54) is 0 Å². The molecule has 6 nitrogen and oxygen atoms in total. The molecule has 110 valence electrons. The SMILES string of the molecule is CC(N)CC(=O)N1CCC(N(C)c2cccnn2)CC1. The average Bonchev–Trinajstić information content (AvgIpc) is 2.47. The fraction of sp³-hybridized carbons (Fsp3) is 0.643. The zero-order valence-electron chi connectivity index (χ0n) is 12.2. The molecule has 1 aliphatic rings. The van der Waals surface area contributed by atoms with Crippen LogP contribution in [-0.2, 0) is 4.79 Å². The lowest BCUT2D eigenvalue weighted by molar-refractivity contribution is -0.132. The Morgan fingerprint density at radius 2 is 2.25 bits per heavy atom. The molecule has 6 heteroatoms. The van der Waals surface area contributed by atoms with Gasteiger partial charge >= 0.3 is 0 Å². The number of hydrogen-bond donors (Lipinski definition) is 1. The van der Waals surface area contributed by atoms with E-state index in [1.54, 1.807) is 6.20 Å². The number of amides is 1. The van der Waals surface area contributed by atoms with Gasteiger partial charge in [-0.3, -0.25) is 4.79 Å². The van der Waals surface area contributed by atoms with Crippen LogP contribution < -0.4 is 10.6 Å². The number of likely N-dealkylation sites (tertiary alicyclic amines) is 1. The normalized spacial score (nSPS) is 17.9. The minimum atomic E-state index is -0.0671. The third-order valence-electron chi connectivity index (χ3n) is 3.78. The van der Waals surface area contributed by atoms with Gasteiger partial charge in [0.2, 0.25) is 5.91 Å². The van der Waals surface area contributed by atoms with E-state index in [1.807, 2.05) is 31.0 Å². The Kier molecular flexibility index (Phi) is 4.89. The van der Waals surface area contributed by atoms with Gasteiger partial charge in [-0.1, -0.05) is 0 Å². The minimum Gasteiger partial charge on any atom is -0.355 e. The highest BCUT2D eigenvalue weighted by molar-refractivity contribution is 5.76. The van der Waals surface area contributed by atoms with Crippen molar-refractivity contribution in [2.75, 3.05) is 25.0 Å². The first-order valence-corrected chi connectivity index (χ1v) is 7.12. The summed E-state index contributed by atoms with van der Waals surface area (Å²) in [6.45, 7) is 3.45. The van der Waals surface area contributed by atoms with Crippen LogP contribution in [0.3, 0.4) is 0 Å². The molecular formula is C14H23N5O. The number of rotatable bonds is 4. The van der Waals surface area contributed by atoms with Crippen molar-refractivity contribution in [3.8, 4) is 0 Å². The fourth-order valence-corrected chi connectivity index (χ4v) is 2.58. The van der Waals surface area contributed by atoms with Crippen LogP contribution in [0.15, 0.2) is 18.3 Å². The topological polar surface area (TPSA) is 75.4 Å². The number of piperidine rings is 1. The Labute approximate surface area is 120 Å². The van der Waals surface area contributed by atoms with Crippen molar-refractivity contribution >= 4 is 11.7 Å². The standard InChI is InChI=1S/C14H23N5O/c1-11(15)10-14(20)19-8-5-12(6-9-19)18(2)13-4-3-7-16-17-13/h3-4,7,11-12H,5-6,8-10,15H2,1-2H3. The summed E-state index contributed by atoms with van der Waals surface area (Å²) in [5.41, 5.74) is 5.68. The molecule has 20 heavy (non-hydrogen) atoms. The molecule has 0 saturated carbocycles. The number of aromatic nitrogens is 2. The summed E-state index contributed by atoms with van der Waals surface area (Å²) in [6.07, 6.45) is 4.02. The molecular weight excluding hydrogens is 254 g/mol. The van der Waals surface area contributed by atoms with Crippen molar-refractivity contribution < 1.29 is 4.79 Å². The Hall–Kier alpha value is -1.69. The van der Waals surface area contributed by atoms with Crippen molar-refractivity contribution in [3.05, 3.63) is 18.3 Å². The zero-order valence-corrected chi connectivity index (χ0v) is 12.2. The Balaban J connectivity index is 1.87. The van der Waals surface area contributed by atoms with Gasteiger partial charge in [0.25, 0.3) is 0 Å². The molecule has 0 bridgehead atoms. The van der Waals surface area contributed by atoms with Gasteiger partial charge in [-0.15, -0.1) is 5.10 Å². The maximum atomic E-state index is 12.0. The number of nitrogens with two attached hydrogens (primary N) is 1. The van der Waals surface area contributed by atoms with E-state index in [-0.39, 0.29) is 11.9 Å². The Morgan fingerprint density at radius 3 is 2.80 bits per heavy atom. The lowest BCUT2D eigenvalue weighted by atomic mass is 10.0. The molecule has 0 aromatic carbocycles. The van der Waals surface area contributed by atoms with E-state index >= 15 is 0 Å². The molecule has 2 rings (SSSR count). The number of anilines is 1. The minimum absolute atomic E-state index is 0.0671. The number of carbonyl (C=O) groups is 1. The van der Waals surface area contributed by atoms with Crippen molar-refractivity contribution in [2.45, 2.75) is 38.3 Å². The van der Waals surface area contributed by atoms with Crippen LogP contribution in [0.5, 0.6) is 0 Å².